The van der Waals surface area contributed by atoms with Gasteiger partial charge in [-0.15, -0.1) is 0 Å². The Balaban J connectivity index is 1.42. The van der Waals surface area contributed by atoms with Gasteiger partial charge in [-0.1, -0.05) is 30.3 Å². The molecule has 0 unspecified atom stereocenters. The van der Waals surface area contributed by atoms with E-state index in [0.29, 0.717) is 5.75 Å². The van der Waals surface area contributed by atoms with E-state index in [4.69, 9.17) is 9.47 Å². The molecule has 4 aromatic rings. The lowest BCUT2D eigenvalue weighted by molar-refractivity contribution is 0.0941. The molecule has 0 saturated heterocycles. The van der Waals surface area contributed by atoms with Gasteiger partial charge in [0, 0.05) is 24.4 Å². The van der Waals surface area contributed by atoms with Crippen LogP contribution in [0.25, 0.3) is 0 Å². The SMILES string of the molecule is COc1ncc(Nc2cc(F)nc(F)c2)nc1C(=O)NCc1ccc(Oc2ccccc2)cc1. The van der Waals surface area contributed by atoms with Crippen LogP contribution in [0.15, 0.2) is 72.9 Å². The van der Waals surface area contributed by atoms with Gasteiger partial charge in [-0.05, 0) is 29.8 Å². The number of carbonyl (C=O) groups is 1. The van der Waals surface area contributed by atoms with Crippen LogP contribution in [0, 0.1) is 11.9 Å². The quantitative estimate of drug-likeness (QED) is 0.368. The minimum atomic E-state index is -0.998. The monoisotopic (exact) mass is 463 g/mol. The summed E-state index contributed by atoms with van der Waals surface area (Å²) in [6, 6.07) is 18.6. The van der Waals surface area contributed by atoms with Crippen LogP contribution in [0.4, 0.5) is 20.3 Å². The number of benzene rings is 2. The van der Waals surface area contributed by atoms with Crippen molar-refractivity contribution in [1.82, 2.24) is 20.3 Å². The van der Waals surface area contributed by atoms with Gasteiger partial charge in [0.15, 0.2) is 5.69 Å². The van der Waals surface area contributed by atoms with E-state index in [1.807, 2.05) is 42.5 Å². The van der Waals surface area contributed by atoms with E-state index in [2.05, 4.69) is 25.6 Å². The minimum absolute atomic E-state index is 0.00162. The minimum Gasteiger partial charge on any atom is -0.479 e. The Morgan fingerprint density at radius 2 is 1.62 bits per heavy atom. The van der Waals surface area contributed by atoms with Gasteiger partial charge in [0.05, 0.1) is 13.3 Å². The van der Waals surface area contributed by atoms with Gasteiger partial charge in [0.2, 0.25) is 17.8 Å². The van der Waals surface area contributed by atoms with Crippen LogP contribution in [-0.2, 0) is 6.54 Å². The molecule has 0 aliphatic rings. The summed E-state index contributed by atoms with van der Waals surface area (Å²) >= 11 is 0. The lowest BCUT2D eigenvalue weighted by atomic mass is 10.2. The third kappa shape index (κ3) is 5.80. The molecule has 2 N–H and O–H groups in total. The summed E-state index contributed by atoms with van der Waals surface area (Å²) in [4.78, 5) is 24.0. The number of aromatic nitrogens is 3. The van der Waals surface area contributed by atoms with Crippen molar-refractivity contribution in [1.29, 1.82) is 0 Å². The summed E-state index contributed by atoms with van der Waals surface area (Å²) in [7, 11) is 1.35. The van der Waals surface area contributed by atoms with Crippen LogP contribution in [-0.4, -0.2) is 28.0 Å². The first-order chi connectivity index (χ1) is 16.5. The number of ether oxygens (including phenoxy) is 2. The highest BCUT2D eigenvalue weighted by Crippen LogP contribution is 2.22. The smallest absolute Gasteiger partial charge is 0.275 e. The topological polar surface area (TPSA) is 98.3 Å². The molecule has 34 heavy (non-hydrogen) atoms. The first kappa shape index (κ1) is 22.6. The molecule has 2 aromatic carbocycles. The van der Waals surface area contributed by atoms with E-state index in [9.17, 15) is 13.6 Å². The predicted octanol–water partition coefficient (Wildman–Crippen LogP) is 4.62. The van der Waals surface area contributed by atoms with Crippen molar-refractivity contribution in [3.05, 3.63) is 96.1 Å². The highest BCUT2D eigenvalue weighted by molar-refractivity contribution is 5.94. The number of hydrogen-bond donors (Lipinski definition) is 2. The van der Waals surface area contributed by atoms with Crippen LogP contribution < -0.4 is 20.1 Å². The molecule has 2 heterocycles. The van der Waals surface area contributed by atoms with Crippen molar-refractivity contribution in [3.63, 3.8) is 0 Å². The second kappa shape index (κ2) is 10.3. The molecule has 172 valence electrons. The Morgan fingerprint density at radius 3 is 2.29 bits per heavy atom. The molecule has 8 nitrogen and oxygen atoms in total. The van der Waals surface area contributed by atoms with Crippen LogP contribution in [0.3, 0.4) is 0 Å². The van der Waals surface area contributed by atoms with Gasteiger partial charge in [-0.2, -0.15) is 13.8 Å². The summed E-state index contributed by atoms with van der Waals surface area (Å²) in [6.45, 7) is 0.216. The molecular weight excluding hydrogens is 444 g/mol. The first-order valence-corrected chi connectivity index (χ1v) is 10.1. The molecule has 0 radical (unpaired) electrons. The number of nitrogens with zero attached hydrogens (tertiary/aromatic N) is 3. The second-order valence-corrected chi connectivity index (χ2v) is 6.98. The molecule has 0 aliphatic carbocycles. The van der Waals surface area contributed by atoms with E-state index >= 15 is 0 Å². The third-order valence-electron chi connectivity index (χ3n) is 4.54. The number of pyridine rings is 1. The molecule has 10 heteroatoms. The predicted molar refractivity (Wildman–Crippen MR) is 120 cm³/mol. The number of amides is 1. The van der Waals surface area contributed by atoms with Gasteiger partial charge < -0.3 is 20.1 Å². The molecule has 4 rings (SSSR count). The second-order valence-electron chi connectivity index (χ2n) is 6.98. The highest BCUT2D eigenvalue weighted by atomic mass is 19.1. The first-order valence-electron chi connectivity index (χ1n) is 10.1. The molecular formula is C24H19F2N5O3. The zero-order valence-corrected chi connectivity index (χ0v) is 18.0. The molecule has 1 amide bonds. The fourth-order valence-corrected chi connectivity index (χ4v) is 2.99. The van der Waals surface area contributed by atoms with Gasteiger partial charge in [0.25, 0.3) is 5.91 Å². The van der Waals surface area contributed by atoms with Crippen molar-refractivity contribution < 1.29 is 23.0 Å². The summed E-state index contributed by atoms with van der Waals surface area (Å²) < 4.78 is 37.5. The molecule has 0 bridgehead atoms. The van der Waals surface area contributed by atoms with Gasteiger partial charge in [-0.3, -0.25) is 4.79 Å². The summed E-state index contributed by atoms with van der Waals surface area (Å²) in [5.41, 5.74) is 0.804. The van der Waals surface area contributed by atoms with Crippen molar-refractivity contribution in [3.8, 4) is 17.4 Å². The molecule has 0 fully saturated rings. The highest BCUT2D eigenvalue weighted by Gasteiger charge is 2.17. The normalized spacial score (nSPS) is 10.4. The Labute approximate surface area is 193 Å². The van der Waals surface area contributed by atoms with Crippen LogP contribution in [0.2, 0.25) is 0 Å². The van der Waals surface area contributed by atoms with Crippen molar-refractivity contribution in [2.24, 2.45) is 0 Å². The van der Waals surface area contributed by atoms with Crippen LogP contribution in [0.1, 0.15) is 16.1 Å². The zero-order chi connectivity index (χ0) is 23.9. The summed E-state index contributed by atoms with van der Waals surface area (Å²) in [5.74, 6) is -1.05. The Hall–Kier alpha value is -4.60. The van der Waals surface area contributed by atoms with Crippen molar-refractivity contribution in [2.75, 3.05) is 12.4 Å². The average Bonchev–Trinajstić information content (AvgIpc) is 2.83. The molecule has 0 aliphatic heterocycles. The number of rotatable bonds is 8. The Morgan fingerprint density at radius 1 is 0.941 bits per heavy atom. The van der Waals surface area contributed by atoms with Gasteiger partial charge >= 0.3 is 0 Å². The van der Waals surface area contributed by atoms with E-state index < -0.39 is 17.8 Å². The number of carbonyl (C=O) groups excluding carboxylic acids is 1. The molecule has 0 atom stereocenters. The third-order valence-corrected chi connectivity index (χ3v) is 4.54. The van der Waals surface area contributed by atoms with E-state index in [1.54, 1.807) is 12.1 Å². The number of hydrogen-bond acceptors (Lipinski definition) is 7. The fourth-order valence-electron chi connectivity index (χ4n) is 2.99. The maximum absolute atomic E-state index is 13.3. The maximum atomic E-state index is 13.3. The number of methoxy groups -OCH3 is 1. The van der Waals surface area contributed by atoms with Gasteiger partial charge in [-0.25, -0.2) is 9.97 Å². The standard InChI is InChI=1S/C24H19F2N5O3/c1-33-24-22(31-21(14-28-24)29-16-11-19(25)30-20(26)12-16)23(32)27-13-15-7-9-18(10-8-15)34-17-5-3-2-4-6-17/h2-12,14H,13H2,1H3,(H,27,32)(H,29,30,31). The Kier molecular flexibility index (Phi) is 6.87. The van der Waals surface area contributed by atoms with Crippen LogP contribution in [0.5, 0.6) is 17.4 Å². The fraction of sp³-hybridized carbons (Fsp3) is 0.0833. The van der Waals surface area contributed by atoms with Gasteiger partial charge in [0.1, 0.15) is 17.3 Å². The number of anilines is 2. The summed E-state index contributed by atoms with van der Waals surface area (Å²) in [5, 5.41) is 5.44. The number of halogens is 2. The number of para-hydroxylation sites is 1. The molecule has 0 spiro atoms. The Bertz CT molecular complexity index is 1270. The van der Waals surface area contributed by atoms with Crippen molar-refractivity contribution in [2.45, 2.75) is 6.54 Å². The van der Waals surface area contributed by atoms with Crippen LogP contribution >= 0.6 is 0 Å². The maximum Gasteiger partial charge on any atom is 0.275 e. The average molecular weight is 463 g/mol. The number of nitrogens with one attached hydrogen (secondary N) is 2. The van der Waals surface area contributed by atoms with E-state index in [-0.39, 0.29) is 29.6 Å². The van der Waals surface area contributed by atoms with E-state index in [1.165, 1.54) is 13.3 Å². The lowest BCUT2D eigenvalue weighted by Gasteiger charge is -2.11. The summed E-state index contributed by atoms with van der Waals surface area (Å²) in [6.07, 6.45) is 1.28. The lowest BCUT2D eigenvalue weighted by Crippen LogP contribution is -2.25. The zero-order valence-electron chi connectivity index (χ0n) is 18.0. The molecule has 2 aromatic heterocycles. The largest absolute Gasteiger partial charge is 0.479 e. The van der Waals surface area contributed by atoms with Crippen molar-refractivity contribution >= 4 is 17.4 Å². The van der Waals surface area contributed by atoms with E-state index in [0.717, 1.165) is 23.4 Å². The molecule has 0 saturated carbocycles.